The maximum absolute atomic E-state index is 6.09. The van der Waals surface area contributed by atoms with Crippen molar-refractivity contribution in [2.24, 2.45) is 0 Å². The molecule has 24 heavy (non-hydrogen) atoms. The molecule has 0 saturated heterocycles. The van der Waals surface area contributed by atoms with Crippen LogP contribution < -0.4 is 5.32 Å². The molecule has 4 heterocycles. The Bertz CT molecular complexity index is 996. The second kappa shape index (κ2) is 6.55. The van der Waals surface area contributed by atoms with E-state index in [-0.39, 0.29) is 0 Å². The van der Waals surface area contributed by atoms with Gasteiger partial charge in [0.1, 0.15) is 4.60 Å². The van der Waals surface area contributed by atoms with E-state index in [1.165, 1.54) is 0 Å². The summed E-state index contributed by atoms with van der Waals surface area (Å²) in [5, 5.41) is 3.46. The van der Waals surface area contributed by atoms with E-state index in [1.54, 1.807) is 23.7 Å². The first-order valence-electron chi connectivity index (χ1n) is 7.26. The third kappa shape index (κ3) is 3.05. The van der Waals surface area contributed by atoms with Crippen LogP contribution in [0.3, 0.4) is 0 Å². The Kier molecular flexibility index (Phi) is 4.26. The number of nitrogens with one attached hydrogen (secondary N) is 1. The van der Waals surface area contributed by atoms with Gasteiger partial charge in [0.15, 0.2) is 5.65 Å². The van der Waals surface area contributed by atoms with Crippen LogP contribution >= 0.6 is 38.9 Å². The number of thiophene rings is 1. The van der Waals surface area contributed by atoms with Gasteiger partial charge in [0.2, 0.25) is 0 Å². The van der Waals surface area contributed by atoms with Crippen molar-refractivity contribution in [2.75, 3.05) is 5.32 Å². The van der Waals surface area contributed by atoms with Crippen LogP contribution in [0.1, 0.15) is 5.56 Å². The third-order valence-corrected chi connectivity index (χ3v) is 5.49. The Balaban J connectivity index is 1.75. The highest BCUT2D eigenvalue weighted by molar-refractivity contribution is 9.10. The molecule has 0 aliphatic heterocycles. The molecule has 0 bridgehead atoms. The van der Waals surface area contributed by atoms with Crippen molar-refractivity contribution in [3.63, 3.8) is 0 Å². The van der Waals surface area contributed by atoms with Crippen molar-refractivity contribution in [2.45, 2.75) is 6.54 Å². The van der Waals surface area contributed by atoms with Crippen LogP contribution in [0.25, 0.3) is 16.1 Å². The molecule has 0 spiro atoms. The number of hydrogen-bond acceptors (Lipinski definition) is 4. The van der Waals surface area contributed by atoms with Gasteiger partial charge in [-0.05, 0) is 45.8 Å². The fraction of sp³-hybridized carbons (Fsp3) is 0.0588. The molecular formula is C17H12BrClN4S. The number of hydrogen-bond donors (Lipinski definition) is 1. The maximum atomic E-state index is 6.09. The van der Waals surface area contributed by atoms with E-state index in [0.717, 1.165) is 36.3 Å². The smallest absolute Gasteiger partial charge is 0.161 e. The number of halogens is 2. The van der Waals surface area contributed by atoms with E-state index in [2.05, 4.69) is 43.5 Å². The van der Waals surface area contributed by atoms with Gasteiger partial charge in [0.05, 0.1) is 16.2 Å². The highest BCUT2D eigenvalue weighted by Gasteiger charge is 2.11. The number of pyridine rings is 2. The molecular weight excluding hydrogens is 408 g/mol. The van der Waals surface area contributed by atoms with Crippen LogP contribution in [0.15, 0.2) is 59.7 Å². The van der Waals surface area contributed by atoms with Gasteiger partial charge in [-0.3, -0.25) is 9.38 Å². The number of imidazole rings is 1. The maximum Gasteiger partial charge on any atom is 0.161 e. The van der Waals surface area contributed by atoms with E-state index in [9.17, 15) is 0 Å². The molecule has 4 rings (SSSR count). The van der Waals surface area contributed by atoms with Crippen molar-refractivity contribution in [3.8, 4) is 10.4 Å². The van der Waals surface area contributed by atoms with Crippen molar-refractivity contribution < 1.29 is 0 Å². The van der Waals surface area contributed by atoms with Gasteiger partial charge in [-0.25, -0.2) is 4.98 Å². The van der Waals surface area contributed by atoms with E-state index in [0.29, 0.717) is 6.54 Å². The summed E-state index contributed by atoms with van der Waals surface area (Å²) in [5.41, 5.74) is 4.04. The average molecular weight is 420 g/mol. The van der Waals surface area contributed by atoms with Crippen LogP contribution in [-0.4, -0.2) is 14.4 Å². The number of nitrogens with zero attached hydrogens (tertiary/aromatic N) is 3. The predicted molar refractivity (Wildman–Crippen MR) is 103 cm³/mol. The van der Waals surface area contributed by atoms with Gasteiger partial charge in [-0.15, -0.1) is 11.3 Å². The highest BCUT2D eigenvalue weighted by Crippen LogP contribution is 2.34. The zero-order valence-electron chi connectivity index (χ0n) is 12.4. The van der Waals surface area contributed by atoms with Crippen LogP contribution in [0, 0.1) is 0 Å². The second-order valence-electron chi connectivity index (χ2n) is 5.24. The van der Waals surface area contributed by atoms with Gasteiger partial charge < -0.3 is 5.32 Å². The zero-order chi connectivity index (χ0) is 16.5. The standard InChI is InChI=1S/C17H12BrClN4S/c18-15-9-22-17-13(21-8-11-2-1-5-20-7-11)6-12(10-23(15)17)14-3-4-16(19)24-14/h1-7,9-10,21H,8H2. The van der Waals surface area contributed by atoms with E-state index >= 15 is 0 Å². The molecule has 4 nitrogen and oxygen atoms in total. The monoisotopic (exact) mass is 418 g/mol. The largest absolute Gasteiger partial charge is 0.378 e. The zero-order valence-corrected chi connectivity index (χ0v) is 15.6. The molecule has 4 aromatic rings. The molecule has 0 unspecified atom stereocenters. The van der Waals surface area contributed by atoms with Crippen molar-refractivity contribution in [3.05, 3.63) is 69.6 Å². The summed E-state index contributed by atoms with van der Waals surface area (Å²) in [5.74, 6) is 0. The summed E-state index contributed by atoms with van der Waals surface area (Å²) in [7, 11) is 0. The third-order valence-electron chi connectivity index (χ3n) is 3.62. The number of aromatic nitrogens is 3. The highest BCUT2D eigenvalue weighted by atomic mass is 79.9. The van der Waals surface area contributed by atoms with Gasteiger partial charge >= 0.3 is 0 Å². The summed E-state index contributed by atoms with van der Waals surface area (Å²) < 4.78 is 3.71. The van der Waals surface area contributed by atoms with Crippen LogP contribution in [0.2, 0.25) is 4.34 Å². The minimum absolute atomic E-state index is 0.683. The van der Waals surface area contributed by atoms with Crippen molar-refractivity contribution >= 4 is 50.2 Å². The lowest BCUT2D eigenvalue weighted by atomic mass is 10.2. The normalized spacial score (nSPS) is 11.1. The summed E-state index contributed by atoms with van der Waals surface area (Å²) in [6.45, 7) is 0.683. The molecule has 1 N–H and O–H groups in total. The molecule has 0 aliphatic carbocycles. The summed E-state index contributed by atoms with van der Waals surface area (Å²) in [6.07, 6.45) is 7.49. The summed E-state index contributed by atoms with van der Waals surface area (Å²) >= 11 is 11.2. The Labute approximate surface area is 156 Å². The van der Waals surface area contributed by atoms with E-state index < -0.39 is 0 Å². The van der Waals surface area contributed by atoms with Crippen molar-refractivity contribution in [1.82, 2.24) is 14.4 Å². The van der Waals surface area contributed by atoms with Crippen LogP contribution in [0.5, 0.6) is 0 Å². The molecule has 0 radical (unpaired) electrons. The Morgan fingerprint density at radius 3 is 2.92 bits per heavy atom. The lowest BCUT2D eigenvalue weighted by molar-refractivity contribution is 1.09. The van der Waals surface area contributed by atoms with Gasteiger partial charge in [-0.2, -0.15) is 0 Å². The topological polar surface area (TPSA) is 42.2 Å². The molecule has 0 aromatic carbocycles. The molecule has 0 atom stereocenters. The lowest BCUT2D eigenvalue weighted by Crippen LogP contribution is -2.02. The fourth-order valence-electron chi connectivity index (χ4n) is 2.49. The molecule has 0 fully saturated rings. The van der Waals surface area contributed by atoms with Gasteiger partial charge in [0.25, 0.3) is 0 Å². The number of anilines is 1. The molecule has 0 amide bonds. The summed E-state index contributed by atoms with van der Waals surface area (Å²) in [4.78, 5) is 9.75. The first-order valence-corrected chi connectivity index (χ1v) is 9.24. The number of fused-ring (bicyclic) bond motifs is 1. The molecule has 4 aromatic heterocycles. The van der Waals surface area contributed by atoms with E-state index in [4.69, 9.17) is 11.6 Å². The Morgan fingerprint density at radius 1 is 1.25 bits per heavy atom. The quantitative estimate of drug-likeness (QED) is 0.476. The Morgan fingerprint density at radius 2 is 2.17 bits per heavy atom. The molecule has 0 saturated carbocycles. The summed E-state index contributed by atoms with van der Waals surface area (Å²) in [6, 6.07) is 10.0. The fourth-order valence-corrected chi connectivity index (χ4v) is 3.89. The van der Waals surface area contributed by atoms with E-state index in [1.807, 2.05) is 34.9 Å². The second-order valence-corrected chi connectivity index (χ2v) is 7.76. The lowest BCUT2D eigenvalue weighted by Gasteiger charge is -2.10. The van der Waals surface area contributed by atoms with Crippen molar-refractivity contribution in [1.29, 1.82) is 0 Å². The minimum atomic E-state index is 0.683. The Hall–Kier alpha value is -1.89. The molecule has 7 heteroatoms. The van der Waals surface area contributed by atoms with Gasteiger partial charge in [-0.1, -0.05) is 17.7 Å². The molecule has 0 aliphatic rings. The SMILES string of the molecule is Clc1ccc(-c2cc(NCc3cccnc3)c3ncc(Br)n3c2)s1. The minimum Gasteiger partial charge on any atom is -0.378 e. The van der Waals surface area contributed by atoms with Crippen LogP contribution in [-0.2, 0) is 6.54 Å². The first kappa shape index (κ1) is 15.6. The number of rotatable bonds is 4. The van der Waals surface area contributed by atoms with Crippen LogP contribution in [0.4, 0.5) is 5.69 Å². The van der Waals surface area contributed by atoms with Gasteiger partial charge in [0, 0.05) is 35.6 Å². The first-order chi connectivity index (χ1) is 11.7. The average Bonchev–Trinajstić information content (AvgIpc) is 3.20. The predicted octanol–water partition coefficient (Wildman–Crippen LogP) is 5.49. The molecule has 120 valence electrons.